The highest BCUT2D eigenvalue weighted by molar-refractivity contribution is 4.94. The van der Waals surface area contributed by atoms with E-state index < -0.39 is 0 Å². The molecule has 2 aliphatic rings. The molecule has 3 nitrogen and oxygen atoms in total. The van der Waals surface area contributed by atoms with Crippen LogP contribution in [0.1, 0.15) is 32.1 Å². The van der Waals surface area contributed by atoms with E-state index in [-0.39, 0.29) is 11.6 Å². The molecule has 0 amide bonds. The molecule has 14 heavy (non-hydrogen) atoms. The summed E-state index contributed by atoms with van der Waals surface area (Å²) in [6.07, 6.45) is 5.80. The molecule has 0 bridgehead atoms. The molecular weight excluding hydrogens is 178 g/mol. The summed E-state index contributed by atoms with van der Waals surface area (Å²) in [5.74, 6) is 0.558. The van der Waals surface area contributed by atoms with Crippen molar-refractivity contribution in [2.24, 2.45) is 11.7 Å². The summed E-state index contributed by atoms with van der Waals surface area (Å²) in [6, 6.07) is 0.262. The van der Waals surface area contributed by atoms with E-state index in [0.717, 1.165) is 26.1 Å². The third kappa shape index (κ3) is 1.95. The molecule has 2 rings (SSSR count). The molecule has 1 aliphatic carbocycles. The van der Waals surface area contributed by atoms with Crippen molar-refractivity contribution >= 4 is 0 Å². The predicted molar refractivity (Wildman–Crippen MR) is 55.1 cm³/mol. The molecule has 1 aliphatic heterocycles. The highest BCUT2D eigenvalue weighted by Crippen LogP contribution is 2.40. The van der Waals surface area contributed by atoms with Crippen molar-refractivity contribution in [2.75, 3.05) is 20.3 Å². The maximum Gasteiger partial charge on any atom is 0.0693 e. The summed E-state index contributed by atoms with van der Waals surface area (Å²) in [4.78, 5) is 0. The Labute approximate surface area is 85.9 Å². The normalized spacial score (nSPS) is 32.6. The van der Waals surface area contributed by atoms with Crippen LogP contribution in [0.2, 0.25) is 0 Å². The van der Waals surface area contributed by atoms with Crippen LogP contribution in [-0.2, 0) is 9.47 Å². The second kappa shape index (κ2) is 4.17. The number of ether oxygens (including phenoxy) is 2. The van der Waals surface area contributed by atoms with Gasteiger partial charge in [-0.3, -0.25) is 0 Å². The van der Waals surface area contributed by atoms with Gasteiger partial charge in [0.05, 0.1) is 12.2 Å². The lowest BCUT2D eigenvalue weighted by atomic mass is 9.74. The van der Waals surface area contributed by atoms with Crippen molar-refractivity contribution in [3.05, 3.63) is 0 Å². The fourth-order valence-electron chi connectivity index (χ4n) is 2.55. The Kier molecular flexibility index (Phi) is 3.10. The van der Waals surface area contributed by atoms with Crippen molar-refractivity contribution in [1.82, 2.24) is 0 Å². The highest BCUT2D eigenvalue weighted by Gasteiger charge is 2.40. The smallest absolute Gasteiger partial charge is 0.0693 e. The first-order valence-corrected chi connectivity index (χ1v) is 5.64. The van der Waals surface area contributed by atoms with Crippen molar-refractivity contribution < 1.29 is 9.47 Å². The van der Waals surface area contributed by atoms with E-state index in [1.165, 1.54) is 19.3 Å². The molecule has 0 spiro atoms. The predicted octanol–water partition coefficient (Wildman–Crippen LogP) is 1.31. The lowest BCUT2D eigenvalue weighted by molar-refractivity contribution is -0.0844. The largest absolute Gasteiger partial charge is 0.381 e. The molecule has 2 N–H and O–H groups in total. The number of methoxy groups -OCH3 is 1. The van der Waals surface area contributed by atoms with Gasteiger partial charge in [0.1, 0.15) is 0 Å². The van der Waals surface area contributed by atoms with Crippen molar-refractivity contribution in [1.29, 1.82) is 0 Å². The minimum Gasteiger partial charge on any atom is -0.381 e. The molecule has 1 saturated carbocycles. The fraction of sp³-hybridized carbons (Fsp3) is 1.00. The van der Waals surface area contributed by atoms with Crippen LogP contribution < -0.4 is 5.73 Å². The first kappa shape index (κ1) is 10.4. The van der Waals surface area contributed by atoms with Crippen LogP contribution in [0, 0.1) is 5.92 Å². The summed E-state index contributed by atoms with van der Waals surface area (Å²) >= 11 is 0. The quantitative estimate of drug-likeness (QED) is 0.742. The molecule has 0 aromatic rings. The monoisotopic (exact) mass is 199 g/mol. The molecule has 2 fully saturated rings. The topological polar surface area (TPSA) is 44.5 Å². The van der Waals surface area contributed by atoms with E-state index >= 15 is 0 Å². The number of nitrogens with two attached hydrogens (primary N) is 1. The van der Waals surface area contributed by atoms with Gasteiger partial charge in [-0.25, -0.2) is 0 Å². The van der Waals surface area contributed by atoms with Gasteiger partial charge in [0.25, 0.3) is 0 Å². The van der Waals surface area contributed by atoms with Gasteiger partial charge < -0.3 is 15.2 Å². The molecule has 1 saturated heterocycles. The molecule has 82 valence electrons. The summed E-state index contributed by atoms with van der Waals surface area (Å²) in [5.41, 5.74) is 6.30. The molecule has 0 aromatic heterocycles. The molecule has 0 aromatic carbocycles. The standard InChI is InChI=1S/C11H21NO2/c1-13-11(4-2-5-11)7-10(12)9-3-6-14-8-9/h9-10H,2-8,12H2,1H3. The molecule has 1 heterocycles. The van der Waals surface area contributed by atoms with Crippen molar-refractivity contribution in [3.8, 4) is 0 Å². The Hall–Kier alpha value is -0.120. The molecule has 2 atom stereocenters. The van der Waals surface area contributed by atoms with Gasteiger partial charge in [0.2, 0.25) is 0 Å². The number of hydrogen-bond acceptors (Lipinski definition) is 3. The minimum atomic E-state index is 0.113. The van der Waals surface area contributed by atoms with Gasteiger partial charge >= 0.3 is 0 Å². The molecule has 3 heteroatoms. The van der Waals surface area contributed by atoms with E-state index in [9.17, 15) is 0 Å². The lowest BCUT2D eigenvalue weighted by Gasteiger charge is -2.43. The molecule has 0 radical (unpaired) electrons. The molecule has 2 unspecified atom stereocenters. The van der Waals surface area contributed by atoms with Crippen LogP contribution in [0.25, 0.3) is 0 Å². The Morgan fingerprint density at radius 2 is 2.36 bits per heavy atom. The summed E-state index contributed by atoms with van der Waals surface area (Å²) in [5, 5.41) is 0. The SMILES string of the molecule is COC1(CC(N)C2CCOC2)CCC1. The first-order chi connectivity index (χ1) is 6.76. The van der Waals surface area contributed by atoms with E-state index in [1.54, 1.807) is 0 Å². The van der Waals surface area contributed by atoms with Crippen molar-refractivity contribution in [2.45, 2.75) is 43.7 Å². The van der Waals surface area contributed by atoms with Gasteiger partial charge in [0, 0.05) is 19.8 Å². The number of hydrogen-bond donors (Lipinski definition) is 1. The van der Waals surface area contributed by atoms with E-state index in [0.29, 0.717) is 5.92 Å². The van der Waals surface area contributed by atoms with E-state index in [1.807, 2.05) is 7.11 Å². The Bertz CT molecular complexity index is 180. The van der Waals surface area contributed by atoms with Crippen molar-refractivity contribution in [3.63, 3.8) is 0 Å². The third-order valence-electron chi connectivity index (χ3n) is 3.88. The number of rotatable bonds is 4. The second-order valence-corrected chi connectivity index (χ2v) is 4.73. The zero-order valence-corrected chi connectivity index (χ0v) is 9.00. The van der Waals surface area contributed by atoms with Gasteiger partial charge in [-0.15, -0.1) is 0 Å². The summed E-state index contributed by atoms with van der Waals surface area (Å²) in [7, 11) is 1.82. The summed E-state index contributed by atoms with van der Waals surface area (Å²) in [6.45, 7) is 1.74. The fourth-order valence-corrected chi connectivity index (χ4v) is 2.55. The van der Waals surface area contributed by atoms with Gasteiger partial charge in [-0.05, 0) is 38.0 Å². The first-order valence-electron chi connectivity index (χ1n) is 5.64. The van der Waals surface area contributed by atoms with Gasteiger partial charge in [-0.2, -0.15) is 0 Å². The molecular formula is C11H21NO2. The maximum atomic E-state index is 6.19. The Morgan fingerprint density at radius 3 is 2.79 bits per heavy atom. The minimum absolute atomic E-state index is 0.113. The Balaban J connectivity index is 1.83. The zero-order chi connectivity index (χ0) is 10.0. The Morgan fingerprint density at radius 1 is 1.57 bits per heavy atom. The zero-order valence-electron chi connectivity index (χ0n) is 9.00. The van der Waals surface area contributed by atoms with E-state index in [2.05, 4.69) is 0 Å². The van der Waals surface area contributed by atoms with Crippen LogP contribution in [0.3, 0.4) is 0 Å². The van der Waals surface area contributed by atoms with Gasteiger partial charge in [-0.1, -0.05) is 0 Å². The average molecular weight is 199 g/mol. The summed E-state index contributed by atoms with van der Waals surface area (Å²) < 4.78 is 10.9. The van der Waals surface area contributed by atoms with Crippen LogP contribution >= 0.6 is 0 Å². The van der Waals surface area contributed by atoms with E-state index in [4.69, 9.17) is 15.2 Å². The van der Waals surface area contributed by atoms with Crippen LogP contribution in [0.5, 0.6) is 0 Å². The van der Waals surface area contributed by atoms with Crippen LogP contribution in [0.15, 0.2) is 0 Å². The highest BCUT2D eigenvalue weighted by atomic mass is 16.5. The van der Waals surface area contributed by atoms with Crippen LogP contribution in [0.4, 0.5) is 0 Å². The lowest BCUT2D eigenvalue weighted by Crippen LogP contribution is -2.46. The maximum absolute atomic E-state index is 6.19. The second-order valence-electron chi connectivity index (χ2n) is 4.73. The van der Waals surface area contributed by atoms with Gasteiger partial charge in [0.15, 0.2) is 0 Å². The average Bonchev–Trinajstić information content (AvgIpc) is 2.63. The third-order valence-corrected chi connectivity index (χ3v) is 3.88. The van der Waals surface area contributed by atoms with Crippen LogP contribution in [-0.4, -0.2) is 32.0 Å².